The Morgan fingerprint density at radius 2 is 2.05 bits per heavy atom. The Labute approximate surface area is 127 Å². The van der Waals surface area contributed by atoms with Crippen LogP contribution in [-0.2, 0) is 4.74 Å². The third-order valence-corrected chi connectivity index (χ3v) is 4.80. The number of hydrogen-bond donors (Lipinski definition) is 3. The van der Waals surface area contributed by atoms with Crippen LogP contribution >= 0.6 is 0 Å². The van der Waals surface area contributed by atoms with E-state index < -0.39 is 6.10 Å². The van der Waals surface area contributed by atoms with Crippen LogP contribution in [0.25, 0.3) is 0 Å². The zero-order valence-electron chi connectivity index (χ0n) is 13.6. The minimum absolute atomic E-state index is 0.0150. The molecule has 0 bridgehead atoms. The lowest BCUT2D eigenvalue weighted by Gasteiger charge is -2.38. The fourth-order valence-electron chi connectivity index (χ4n) is 3.25. The van der Waals surface area contributed by atoms with Crippen LogP contribution in [0.4, 0.5) is 4.79 Å². The third kappa shape index (κ3) is 4.58. The molecule has 2 fully saturated rings. The second kappa shape index (κ2) is 6.53. The van der Waals surface area contributed by atoms with Gasteiger partial charge in [-0.2, -0.15) is 0 Å². The maximum Gasteiger partial charge on any atom is 0.315 e. The van der Waals surface area contributed by atoms with Crippen molar-refractivity contribution in [2.24, 2.45) is 5.41 Å². The Hall–Kier alpha value is -0.810. The molecule has 2 unspecified atom stereocenters. The molecule has 0 aromatic carbocycles. The summed E-state index contributed by atoms with van der Waals surface area (Å²) < 4.78 is 5.97. The number of urea groups is 1. The molecule has 1 aliphatic carbocycles. The van der Waals surface area contributed by atoms with E-state index in [1.54, 1.807) is 0 Å². The molecule has 5 nitrogen and oxygen atoms in total. The van der Waals surface area contributed by atoms with E-state index >= 15 is 0 Å². The maximum atomic E-state index is 12.0. The van der Waals surface area contributed by atoms with Gasteiger partial charge in [0, 0.05) is 19.2 Å². The molecule has 3 N–H and O–H groups in total. The van der Waals surface area contributed by atoms with Crippen molar-refractivity contribution in [1.82, 2.24) is 10.6 Å². The SMILES string of the molecule is CC(C)(C)C(O)CNC(=O)NC1CCOC2(CCCC2)C1. The van der Waals surface area contributed by atoms with Gasteiger partial charge in [0.05, 0.1) is 11.7 Å². The lowest BCUT2D eigenvalue weighted by molar-refractivity contribution is -0.0820. The average Bonchev–Trinajstić information content (AvgIpc) is 2.82. The van der Waals surface area contributed by atoms with Crippen LogP contribution in [0.15, 0.2) is 0 Å². The number of carbonyl (C=O) groups excluding carboxylic acids is 1. The van der Waals surface area contributed by atoms with E-state index in [4.69, 9.17) is 4.74 Å². The standard InChI is InChI=1S/C16H30N2O3/c1-15(2,3)13(19)11-17-14(20)18-12-6-9-21-16(10-12)7-4-5-8-16/h12-13,19H,4-11H2,1-3H3,(H2,17,18,20). The lowest BCUT2D eigenvalue weighted by Crippen LogP contribution is -2.51. The van der Waals surface area contributed by atoms with E-state index in [1.165, 1.54) is 12.8 Å². The van der Waals surface area contributed by atoms with Crippen molar-refractivity contribution in [3.8, 4) is 0 Å². The largest absolute Gasteiger partial charge is 0.391 e. The van der Waals surface area contributed by atoms with Crippen LogP contribution in [0, 0.1) is 5.41 Å². The van der Waals surface area contributed by atoms with Gasteiger partial charge in [0.2, 0.25) is 0 Å². The van der Waals surface area contributed by atoms with Gasteiger partial charge in [0.15, 0.2) is 0 Å². The summed E-state index contributed by atoms with van der Waals surface area (Å²) in [6.07, 6.45) is 5.96. The van der Waals surface area contributed by atoms with Gasteiger partial charge in [0.25, 0.3) is 0 Å². The topological polar surface area (TPSA) is 70.6 Å². The average molecular weight is 298 g/mol. The normalized spacial score (nSPS) is 26.6. The molecule has 1 aliphatic heterocycles. The lowest BCUT2D eigenvalue weighted by atomic mass is 9.89. The first kappa shape index (κ1) is 16.6. The summed E-state index contributed by atoms with van der Waals surface area (Å²) in [6.45, 7) is 6.89. The molecule has 5 heteroatoms. The highest BCUT2D eigenvalue weighted by atomic mass is 16.5. The number of aliphatic hydroxyl groups excluding tert-OH is 1. The van der Waals surface area contributed by atoms with Crippen LogP contribution in [0.5, 0.6) is 0 Å². The van der Waals surface area contributed by atoms with Crippen molar-refractivity contribution in [2.45, 2.75) is 77.0 Å². The van der Waals surface area contributed by atoms with Gasteiger partial charge >= 0.3 is 6.03 Å². The van der Waals surface area contributed by atoms with Gasteiger partial charge in [-0.05, 0) is 31.1 Å². The highest BCUT2D eigenvalue weighted by Crippen LogP contribution is 2.39. The number of aliphatic hydroxyl groups is 1. The molecular weight excluding hydrogens is 268 g/mol. The predicted molar refractivity (Wildman–Crippen MR) is 82.2 cm³/mol. The van der Waals surface area contributed by atoms with Gasteiger partial charge < -0.3 is 20.5 Å². The molecule has 2 rings (SSSR count). The van der Waals surface area contributed by atoms with Crippen LogP contribution in [0.3, 0.4) is 0 Å². The second-order valence-electron chi connectivity index (χ2n) is 7.66. The molecule has 2 amide bonds. The van der Waals surface area contributed by atoms with Crippen molar-refractivity contribution < 1.29 is 14.6 Å². The number of rotatable bonds is 3. The fraction of sp³-hybridized carbons (Fsp3) is 0.938. The summed E-state index contributed by atoms with van der Waals surface area (Å²) in [7, 11) is 0. The first-order valence-corrected chi connectivity index (χ1v) is 8.17. The molecule has 122 valence electrons. The number of hydrogen-bond acceptors (Lipinski definition) is 3. The van der Waals surface area contributed by atoms with E-state index in [2.05, 4.69) is 10.6 Å². The molecule has 2 atom stereocenters. The highest BCUT2D eigenvalue weighted by Gasteiger charge is 2.40. The van der Waals surface area contributed by atoms with E-state index in [9.17, 15) is 9.90 Å². The minimum atomic E-state index is -0.542. The molecule has 1 saturated heterocycles. The van der Waals surface area contributed by atoms with Crippen molar-refractivity contribution in [1.29, 1.82) is 0 Å². The van der Waals surface area contributed by atoms with Crippen molar-refractivity contribution >= 4 is 6.03 Å². The fourth-order valence-corrected chi connectivity index (χ4v) is 3.25. The van der Waals surface area contributed by atoms with Gasteiger partial charge in [-0.25, -0.2) is 4.79 Å². The summed E-state index contributed by atoms with van der Waals surface area (Å²) in [5.74, 6) is 0. The van der Waals surface area contributed by atoms with Crippen LogP contribution in [-0.4, -0.2) is 42.0 Å². The van der Waals surface area contributed by atoms with E-state index in [0.29, 0.717) is 0 Å². The highest BCUT2D eigenvalue weighted by molar-refractivity contribution is 5.74. The van der Waals surface area contributed by atoms with E-state index in [1.807, 2.05) is 20.8 Å². The molecule has 2 aliphatic rings. The van der Waals surface area contributed by atoms with Crippen LogP contribution < -0.4 is 10.6 Å². The molecule has 1 saturated carbocycles. The van der Waals surface area contributed by atoms with E-state index in [0.717, 1.165) is 32.3 Å². The second-order valence-corrected chi connectivity index (χ2v) is 7.66. The minimum Gasteiger partial charge on any atom is -0.391 e. The Balaban J connectivity index is 1.75. The zero-order valence-corrected chi connectivity index (χ0v) is 13.6. The number of ether oxygens (including phenoxy) is 1. The number of nitrogens with one attached hydrogen (secondary N) is 2. The summed E-state index contributed by atoms with van der Waals surface area (Å²) in [4.78, 5) is 12.0. The molecule has 1 spiro atoms. The Morgan fingerprint density at radius 1 is 1.38 bits per heavy atom. The van der Waals surface area contributed by atoms with Gasteiger partial charge in [-0.1, -0.05) is 33.6 Å². The molecule has 21 heavy (non-hydrogen) atoms. The molecule has 0 aromatic rings. The van der Waals surface area contributed by atoms with Crippen molar-refractivity contribution in [3.05, 3.63) is 0 Å². The Morgan fingerprint density at radius 3 is 2.67 bits per heavy atom. The third-order valence-electron chi connectivity index (χ3n) is 4.80. The Kier molecular flexibility index (Phi) is 5.15. The molecular formula is C16H30N2O3. The molecule has 0 aromatic heterocycles. The van der Waals surface area contributed by atoms with Crippen molar-refractivity contribution in [2.75, 3.05) is 13.2 Å². The maximum absolute atomic E-state index is 12.0. The summed E-state index contributed by atoms with van der Waals surface area (Å²) in [5.41, 5.74) is -0.207. The number of amides is 2. The number of carbonyl (C=O) groups is 1. The summed E-state index contributed by atoms with van der Waals surface area (Å²) in [5, 5.41) is 15.8. The van der Waals surface area contributed by atoms with Gasteiger partial charge in [-0.15, -0.1) is 0 Å². The van der Waals surface area contributed by atoms with Crippen molar-refractivity contribution in [3.63, 3.8) is 0 Å². The van der Waals surface area contributed by atoms with E-state index in [-0.39, 0.29) is 29.6 Å². The van der Waals surface area contributed by atoms with Gasteiger partial charge in [-0.3, -0.25) is 0 Å². The zero-order chi connectivity index (χ0) is 15.5. The summed E-state index contributed by atoms with van der Waals surface area (Å²) >= 11 is 0. The predicted octanol–water partition coefficient (Wildman–Crippen LogP) is 2.18. The first-order valence-electron chi connectivity index (χ1n) is 8.17. The van der Waals surface area contributed by atoms with Gasteiger partial charge in [0.1, 0.15) is 0 Å². The Bertz CT molecular complexity index is 359. The summed E-state index contributed by atoms with van der Waals surface area (Å²) in [6, 6.07) is 0.00183. The molecule has 0 radical (unpaired) electrons. The van der Waals surface area contributed by atoms with Crippen LogP contribution in [0.1, 0.15) is 59.3 Å². The molecule has 1 heterocycles. The quantitative estimate of drug-likeness (QED) is 0.748. The smallest absolute Gasteiger partial charge is 0.315 e. The monoisotopic (exact) mass is 298 g/mol. The van der Waals surface area contributed by atoms with Crippen LogP contribution in [0.2, 0.25) is 0 Å². The first-order chi connectivity index (χ1) is 9.81.